The molecule has 2 heterocycles. The number of nitrogens with zero attached hydrogens (tertiary/aromatic N) is 2. The molecule has 3 rings (SSSR count). The number of primary amides is 1. The number of H-pyrrole nitrogens is 1. The molecule has 0 saturated carbocycles. The second-order valence-corrected chi connectivity index (χ2v) is 6.17. The molecule has 3 aromatic rings. The van der Waals surface area contributed by atoms with Crippen molar-refractivity contribution < 1.29 is 14.4 Å². The molecular weight excluding hydrogens is 404 g/mol. The molecular formula is C16H13BrN6O3. The molecule has 2 aromatic heterocycles. The van der Waals surface area contributed by atoms with Crippen LogP contribution in [0.25, 0.3) is 10.8 Å². The van der Waals surface area contributed by atoms with Gasteiger partial charge in [0.2, 0.25) is 5.91 Å². The Hall–Kier alpha value is -3.27. The lowest BCUT2D eigenvalue weighted by atomic mass is 10.1. The van der Waals surface area contributed by atoms with Crippen LogP contribution in [0.5, 0.6) is 0 Å². The summed E-state index contributed by atoms with van der Waals surface area (Å²) in [5.74, 6) is -1.71. The summed E-state index contributed by atoms with van der Waals surface area (Å²) in [6, 6.07) is 5.15. The molecule has 132 valence electrons. The predicted octanol–water partition coefficient (Wildman–Crippen LogP) is 1.19. The van der Waals surface area contributed by atoms with Gasteiger partial charge in [0.1, 0.15) is 5.69 Å². The van der Waals surface area contributed by atoms with Crippen LogP contribution < -0.4 is 16.4 Å². The van der Waals surface area contributed by atoms with Crippen molar-refractivity contribution in [2.75, 3.05) is 11.9 Å². The highest BCUT2D eigenvalue weighted by Gasteiger charge is 2.17. The smallest absolute Gasteiger partial charge is 0.271 e. The van der Waals surface area contributed by atoms with Gasteiger partial charge in [0.25, 0.3) is 11.8 Å². The van der Waals surface area contributed by atoms with Gasteiger partial charge in [0, 0.05) is 27.8 Å². The van der Waals surface area contributed by atoms with E-state index in [0.29, 0.717) is 5.56 Å². The van der Waals surface area contributed by atoms with Crippen LogP contribution in [0.2, 0.25) is 0 Å². The van der Waals surface area contributed by atoms with E-state index in [-0.39, 0.29) is 17.9 Å². The predicted molar refractivity (Wildman–Crippen MR) is 97.5 cm³/mol. The number of hydrogen-bond donors (Lipinski definition) is 4. The summed E-state index contributed by atoms with van der Waals surface area (Å²) in [6.45, 7) is -0.322. The first-order valence-corrected chi connectivity index (χ1v) is 8.19. The Kier molecular flexibility index (Phi) is 4.94. The number of hydrogen-bond acceptors (Lipinski definition) is 5. The van der Waals surface area contributed by atoms with Gasteiger partial charge in [-0.15, -0.1) is 0 Å². The van der Waals surface area contributed by atoms with Crippen molar-refractivity contribution in [3.05, 3.63) is 52.5 Å². The number of carbonyl (C=O) groups excluding carboxylic acids is 3. The molecule has 0 unspecified atom stereocenters. The minimum Gasteiger partial charge on any atom is -0.368 e. The molecule has 5 N–H and O–H groups in total. The molecule has 9 nitrogen and oxygen atoms in total. The molecule has 0 atom stereocenters. The van der Waals surface area contributed by atoms with Crippen molar-refractivity contribution in [2.24, 2.45) is 5.73 Å². The second-order valence-electron chi connectivity index (χ2n) is 5.32. The van der Waals surface area contributed by atoms with E-state index in [1.54, 1.807) is 30.6 Å². The van der Waals surface area contributed by atoms with E-state index in [4.69, 9.17) is 5.73 Å². The first-order valence-electron chi connectivity index (χ1n) is 7.40. The zero-order valence-electron chi connectivity index (χ0n) is 13.2. The normalized spacial score (nSPS) is 10.5. The Labute approximate surface area is 155 Å². The summed E-state index contributed by atoms with van der Waals surface area (Å²) in [5.41, 5.74) is 5.58. The van der Waals surface area contributed by atoms with Crippen LogP contribution in [-0.4, -0.2) is 39.4 Å². The Balaban J connectivity index is 1.80. The maximum absolute atomic E-state index is 12.5. The van der Waals surface area contributed by atoms with Crippen LogP contribution in [0.15, 0.2) is 41.3 Å². The fourth-order valence-electron chi connectivity index (χ4n) is 2.29. The van der Waals surface area contributed by atoms with Crippen LogP contribution in [0, 0.1) is 0 Å². The van der Waals surface area contributed by atoms with Gasteiger partial charge >= 0.3 is 0 Å². The number of fused-ring (bicyclic) bond motifs is 1. The lowest BCUT2D eigenvalue weighted by Gasteiger charge is -2.07. The average molecular weight is 417 g/mol. The summed E-state index contributed by atoms with van der Waals surface area (Å²) < 4.78 is 0.824. The first-order chi connectivity index (χ1) is 12.5. The minimum absolute atomic E-state index is 0.0183. The molecule has 0 aliphatic rings. The minimum atomic E-state index is -0.681. The molecule has 0 saturated heterocycles. The molecule has 10 heteroatoms. The van der Waals surface area contributed by atoms with Crippen molar-refractivity contribution in [3.63, 3.8) is 0 Å². The molecule has 0 spiro atoms. The van der Waals surface area contributed by atoms with Crippen molar-refractivity contribution in [1.82, 2.24) is 20.5 Å². The van der Waals surface area contributed by atoms with Gasteiger partial charge < -0.3 is 16.4 Å². The number of carbonyl (C=O) groups is 3. The monoisotopic (exact) mass is 416 g/mol. The quantitative estimate of drug-likeness (QED) is 0.493. The summed E-state index contributed by atoms with van der Waals surface area (Å²) in [7, 11) is 0. The zero-order chi connectivity index (χ0) is 18.7. The van der Waals surface area contributed by atoms with Gasteiger partial charge in [-0.3, -0.25) is 24.5 Å². The Morgan fingerprint density at radius 3 is 2.73 bits per heavy atom. The van der Waals surface area contributed by atoms with Gasteiger partial charge in [-0.25, -0.2) is 0 Å². The van der Waals surface area contributed by atoms with Crippen LogP contribution in [0.4, 0.5) is 5.69 Å². The van der Waals surface area contributed by atoms with E-state index in [1.165, 1.54) is 6.20 Å². The van der Waals surface area contributed by atoms with Crippen LogP contribution in [0.3, 0.4) is 0 Å². The van der Waals surface area contributed by atoms with E-state index in [0.717, 1.165) is 15.2 Å². The summed E-state index contributed by atoms with van der Waals surface area (Å²) in [4.78, 5) is 39.3. The summed E-state index contributed by atoms with van der Waals surface area (Å²) in [5, 5.41) is 12.9. The molecule has 0 aliphatic heterocycles. The molecule has 26 heavy (non-hydrogen) atoms. The number of aromatic amines is 1. The number of aromatic nitrogens is 3. The highest BCUT2D eigenvalue weighted by atomic mass is 79.9. The number of benzene rings is 1. The fraction of sp³-hybridized carbons (Fsp3) is 0.0625. The average Bonchev–Trinajstić information content (AvgIpc) is 3.07. The number of amides is 3. The van der Waals surface area contributed by atoms with Gasteiger partial charge in [0.05, 0.1) is 18.4 Å². The molecule has 1 aromatic carbocycles. The van der Waals surface area contributed by atoms with E-state index >= 15 is 0 Å². The van der Waals surface area contributed by atoms with Crippen LogP contribution >= 0.6 is 15.9 Å². The third kappa shape index (κ3) is 3.70. The second kappa shape index (κ2) is 7.31. The Morgan fingerprint density at radius 1 is 1.15 bits per heavy atom. The maximum atomic E-state index is 12.5. The lowest BCUT2D eigenvalue weighted by Crippen LogP contribution is -2.34. The Bertz CT molecular complexity index is 1020. The maximum Gasteiger partial charge on any atom is 0.271 e. The van der Waals surface area contributed by atoms with Gasteiger partial charge in [-0.2, -0.15) is 5.10 Å². The first kappa shape index (κ1) is 17.5. The van der Waals surface area contributed by atoms with Crippen LogP contribution in [-0.2, 0) is 4.79 Å². The van der Waals surface area contributed by atoms with E-state index in [2.05, 4.69) is 41.7 Å². The molecule has 0 bridgehead atoms. The standard InChI is InChI=1S/C16H13BrN6O3/c17-11-5-19-4-9-3-8(1-2-10(9)11)15(25)22-12-6-21-23-14(12)16(26)20-7-13(18)24/h1-6H,7H2,(H2,18,24)(H,20,26)(H,21,23)(H,22,25). The highest BCUT2D eigenvalue weighted by Crippen LogP contribution is 2.24. The van der Waals surface area contributed by atoms with E-state index < -0.39 is 17.7 Å². The molecule has 0 radical (unpaired) electrons. The molecule has 3 amide bonds. The zero-order valence-corrected chi connectivity index (χ0v) is 14.8. The van der Waals surface area contributed by atoms with Crippen molar-refractivity contribution in [3.8, 4) is 0 Å². The Morgan fingerprint density at radius 2 is 1.96 bits per heavy atom. The third-order valence-corrected chi connectivity index (χ3v) is 4.14. The van der Waals surface area contributed by atoms with E-state index in [9.17, 15) is 14.4 Å². The number of rotatable bonds is 5. The van der Waals surface area contributed by atoms with E-state index in [1.807, 2.05) is 0 Å². The lowest BCUT2D eigenvalue weighted by molar-refractivity contribution is -0.117. The SMILES string of the molecule is NC(=O)CNC(=O)c1[nH]ncc1NC(=O)c1ccc2c(Br)cncc2c1. The fourth-order valence-corrected chi connectivity index (χ4v) is 2.76. The van der Waals surface area contributed by atoms with Crippen LogP contribution in [0.1, 0.15) is 20.8 Å². The van der Waals surface area contributed by atoms with Crippen molar-refractivity contribution >= 4 is 50.1 Å². The van der Waals surface area contributed by atoms with Crippen molar-refractivity contribution in [2.45, 2.75) is 0 Å². The summed E-state index contributed by atoms with van der Waals surface area (Å²) >= 11 is 3.40. The van der Waals surface area contributed by atoms with Gasteiger partial charge in [0.15, 0.2) is 0 Å². The van der Waals surface area contributed by atoms with Gasteiger partial charge in [-0.1, -0.05) is 6.07 Å². The number of pyridine rings is 1. The number of halogens is 1. The molecule has 0 fully saturated rings. The number of nitrogens with two attached hydrogens (primary N) is 1. The van der Waals surface area contributed by atoms with Gasteiger partial charge in [-0.05, 0) is 33.4 Å². The molecule has 0 aliphatic carbocycles. The topological polar surface area (TPSA) is 143 Å². The number of anilines is 1. The third-order valence-electron chi connectivity index (χ3n) is 3.51. The summed E-state index contributed by atoms with van der Waals surface area (Å²) in [6.07, 6.45) is 4.62. The van der Waals surface area contributed by atoms with Crippen molar-refractivity contribution in [1.29, 1.82) is 0 Å². The number of nitrogens with one attached hydrogen (secondary N) is 3. The highest BCUT2D eigenvalue weighted by molar-refractivity contribution is 9.10. The largest absolute Gasteiger partial charge is 0.368 e.